The molecule has 0 unspecified atom stereocenters. The molecule has 2 aromatic carbocycles. The summed E-state index contributed by atoms with van der Waals surface area (Å²) in [5.74, 6) is -1.70. The van der Waals surface area contributed by atoms with E-state index in [1.165, 1.54) is 53.3 Å². The van der Waals surface area contributed by atoms with E-state index in [2.05, 4.69) is 10.3 Å². The zero-order valence-electron chi connectivity index (χ0n) is 22.2. The van der Waals surface area contributed by atoms with Gasteiger partial charge in [0.1, 0.15) is 25.4 Å². The Hall–Kier alpha value is -3.94. The molecule has 4 rings (SSSR count). The quantitative estimate of drug-likeness (QED) is 0.243. The zero-order chi connectivity index (χ0) is 28.5. The van der Waals surface area contributed by atoms with Crippen molar-refractivity contribution in [2.75, 3.05) is 76.2 Å². The molecule has 0 aromatic heterocycles. The molecule has 11 nitrogen and oxygen atoms in total. The summed E-state index contributed by atoms with van der Waals surface area (Å²) < 4.78 is 44.0. The molecule has 0 fully saturated rings. The van der Waals surface area contributed by atoms with Crippen LogP contribution in [0.4, 0.5) is 20.2 Å². The summed E-state index contributed by atoms with van der Waals surface area (Å²) in [6, 6.07) is 8.13. The first-order valence-electron chi connectivity index (χ1n) is 12.7. The van der Waals surface area contributed by atoms with Gasteiger partial charge >= 0.3 is 0 Å². The molecule has 0 spiro atoms. The standard InChI is InChI=1S/C27H30F2N4O7/c1-3-40-31-25-21-17-19(29)5-7-23(21)33(27(25)35)9-11-38-13-15-39-14-12-37-10-8-32-22-6-4-18(28)16-20(22)24(26(32)34)30-36-2/h4-7,16-17H,3,8-15H2,1-2H3/b30-24+,31-25-. The highest BCUT2D eigenvalue weighted by atomic mass is 19.1. The fourth-order valence-corrected chi connectivity index (χ4v) is 4.27. The first kappa shape index (κ1) is 29.1. The molecule has 13 heteroatoms. The van der Waals surface area contributed by atoms with Crippen LogP contribution in [0.25, 0.3) is 0 Å². The number of halogens is 2. The van der Waals surface area contributed by atoms with Gasteiger partial charge in [0.05, 0.1) is 51.0 Å². The monoisotopic (exact) mass is 560 g/mol. The molecule has 2 amide bonds. The van der Waals surface area contributed by atoms with E-state index in [4.69, 9.17) is 23.9 Å². The Kier molecular flexibility index (Phi) is 10.1. The summed E-state index contributed by atoms with van der Waals surface area (Å²) >= 11 is 0. The van der Waals surface area contributed by atoms with Crippen molar-refractivity contribution in [3.63, 3.8) is 0 Å². The van der Waals surface area contributed by atoms with Crippen molar-refractivity contribution in [3.8, 4) is 0 Å². The van der Waals surface area contributed by atoms with Gasteiger partial charge in [-0.15, -0.1) is 0 Å². The summed E-state index contributed by atoms with van der Waals surface area (Å²) in [7, 11) is 1.32. The summed E-state index contributed by atoms with van der Waals surface area (Å²) in [4.78, 5) is 38.1. The second kappa shape index (κ2) is 13.9. The molecule has 0 N–H and O–H groups in total. The lowest BCUT2D eigenvalue weighted by Gasteiger charge is -2.17. The minimum atomic E-state index is -0.470. The second-order valence-electron chi connectivity index (χ2n) is 8.55. The van der Waals surface area contributed by atoms with Gasteiger partial charge in [0.15, 0.2) is 11.4 Å². The molecular formula is C27H30F2N4O7. The molecule has 214 valence electrons. The number of hydrogen-bond donors (Lipinski definition) is 0. The maximum atomic E-state index is 13.7. The van der Waals surface area contributed by atoms with E-state index in [9.17, 15) is 18.4 Å². The highest BCUT2D eigenvalue weighted by Gasteiger charge is 2.36. The molecule has 2 aliphatic rings. The topological polar surface area (TPSA) is 111 Å². The molecule has 0 radical (unpaired) electrons. The average molecular weight is 561 g/mol. The van der Waals surface area contributed by atoms with Gasteiger partial charge in [-0.2, -0.15) is 0 Å². The third kappa shape index (κ3) is 6.61. The Bertz CT molecular complexity index is 1290. The van der Waals surface area contributed by atoms with Crippen LogP contribution in [0.15, 0.2) is 46.7 Å². The number of amides is 2. The van der Waals surface area contributed by atoms with Gasteiger partial charge < -0.3 is 33.7 Å². The van der Waals surface area contributed by atoms with Crippen molar-refractivity contribution >= 4 is 34.6 Å². The van der Waals surface area contributed by atoms with Crippen LogP contribution < -0.4 is 9.80 Å². The number of benzene rings is 2. The van der Waals surface area contributed by atoms with Crippen LogP contribution in [0.1, 0.15) is 18.1 Å². The number of rotatable bonds is 15. The number of hydrogen-bond acceptors (Lipinski definition) is 9. The molecule has 0 saturated heterocycles. The van der Waals surface area contributed by atoms with Crippen LogP contribution in [-0.4, -0.2) is 89.7 Å². The fourth-order valence-electron chi connectivity index (χ4n) is 4.27. The largest absolute Gasteiger partial charge is 0.398 e. The van der Waals surface area contributed by atoms with E-state index in [1.54, 1.807) is 6.92 Å². The Morgan fingerprint density at radius 2 is 1.15 bits per heavy atom. The third-order valence-corrected chi connectivity index (χ3v) is 6.03. The van der Waals surface area contributed by atoms with E-state index < -0.39 is 11.6 Å². The van der Waals surface area contributed by atoms with Crippen molar-refractivity contribution in [3.05, 3.63) is 59.2 Å². The molecular weight excluding hydrogens is 530 g/mol. The predicted molar refractivity (Wildman–Crippen MR) is 142 cm³/mol. The van der Waals surface area contributed by atoms with E-state index in [1.807, 2.05) is 0 Å². The maximum Gasteiger partial charge on any atom is 0.281 e. The number of anilines is 2. The summed E-state index contributed by atoms with van der Waals surface area (Å²) in [6.07, 6.45) is 0. The van der Waals surface area contributed by atoms with Gasteiger partial charge in [-0.05, 0) is 43.3 Å². The van der Waals surface area contributed by atoms with E-state index in [0.29, 0.717) is 48.9 Å². The van der Waals surface area contributed by atoms with E-state index in [-0.39, 0.29) is 56.1 Å². The Labute approximate surface area is 229 Å². The van der Waals surface area contributed by atoms with Gasteiger partial charge in [-0.25, -0.2) is 8.78 Å². The SMILES string of the molecule is CCO/N=C1\C(=O)N(CCOCCOCCOCCN2C(=O)/C(=N/OC)c3cc(F)ccc32)c2ccc(F)cc21. The van der Waals surface area contributed by atoms with Crippen LogP contribution in [0.2, 0.25) is 0 Å². The number of carbonyl (C=O) groups is 2. The first-order valence-corrected chi connectivity index (χ1v) is 12.7. The average Bonchev–Trinajstić information content (AvgIpc) is 3.35. The first-order chi connectivity index (χ1) is 19.5. The van der Waals surface area contributed by atoms with Crippen molar-refractivity contribution in [2.24, 2.45) is 10.3 Å². The minimum absolute atomic E-state index is 0.0478. The van der Waals surface area contributed by atoms with Crippen molar-refractivity contribution in [1.82, 2.24) is 0 Å². The molecule has 0 aliphatic carbocycles. The van der Waals surface area contributed by atoms with Crippen molar-refractivity contribution in [1.29, 1.82) is 0 Å². The molecule has 2 aliphatic heterocycles. The predicted octanol–water partition coefficient (Wildman–Crippen LogP) is 2.50. The minimum Gasteiger partial charge on any atom is -0.398 e. The Morgan fingerprint density at radius 1 is 0.700 bits per heavy atom. The van der Waals surface area contributed by atoms with Crippen LogP contribution >= 0.6 is 0 Å². The zero-order valence-corrected chi connectivity index (χ0v) is 22.2. The number of oxime groups is 2. The summed E-state index contributed by atoms with van der Waals surface area (Å²) in [6.45, 7) is 4.26. The molecule has 0 saturated carbocycles. The van der Waals surface area contributed by atoms with Crippen LogP contribution in [-0.2, 0) is 33.5 Å². The summed E-state index contributed by atoms with van der Waals surface area (Å²) in [5, 5.41) is 7.58. The third-order valence-electron chi connectivity index (χ3n) is 6.03. The van der Waals surface area contributed by atoms with Crippen molar-refractivity contribution in [2.45, 2.75) is 6.92 Å². The molecule has 0 atom stereocenters. The second-order valence-corrected chi connectivity index (χ2v) is 8.55. The van der Waals surface area contributed by atoms with Crippen LogP contribution in [0.5, 0.6) is 0 Å². The lowest BCUT2D eigenvalue weighted by molar-refractivity contribution is -0.113. The maximum absolute atomic E-state index is 13.7. The lowest BCUT2D eigenvalue weighted by Crippen LogP contribution is -2.33. The Morgan fingerprint density at radius 3 is 1.60 bits per heavy atom. The number of nitrogens with zero attached hydrogens (tertiary/aromatic N) is 4. The highest BCUT2D eigenvalue weighted by Crippen LogP contribution is 2.31. The normalized spacial score (nSPS) is 16.3. The van der Waals surface area contributed by atoms with E-state index in [0.717, 1.165) is 0 Å². The molecule has 0 bridgehead atoms. The Balaban J connectivity index is 1.11. The lowest BCUT2D eigenvalue weighted by atomic mass is 10.1. The fraction of sp³-hybridized carbons (Fsp3) is 0.407. The van der Waals surface area contributed by atoms with Gasteiger partial charge in [-0.1, -0.05) is 10.3 Å². The van der Waals surface area contributed by atoms with Gasteiger partial charge in [0.25, 0.3) is 11.8 Å². The number of fused-ring (bicyclic) bond motifs is 2. The molecule has 2 heterocycles. The number of carbonyl (C=O) groups excluding carboxylic acids is 2. The van der Waals surface area contributed by atoms with Crippen LogP contribution in [0.3, 0.4) is 0 Å². The molecule has 2 aromatic rings. The van der Waals surface area contributed by atoms with Gasteiger partial charge in [0, 0.05) is 24.2 Å². The highest BCUT2D eigenvalue weighted by molar-refractivity contribution is 6.54. The van der Waals surface area contributed by atoms with Gasteiger partial charge in [-0.3, -0.25) is 9.59 Å². The molecule has 40 heavy (non-hydrogen) atoms. The van der Waals surface area contributed by atoms with E-state index >= 15 is 0 Å². The van der Waals surface area contributed by atoms with Gasteiger partial charge in [0.2, 0.25) is 0 Å². The number of ether oxygens (including phenoxy) is 3. The smallest absolute Gasteiger partial charge is 0.281 e. The van der Waals surface area contributed by atoms with Crippen molar-refractivity contribution < 1.29 is 42.3 Å². The summed E-state index contributed by atoms with van der Waals surface area (Å²) in [5.41, 5.74) is 1.97. The van der Waals surface area contributed by atoms with Crippen LogP contribution in [0, 0.1) is 11.6 Å².